The molecule has 0 aromatic carbocycles. The Labute approximate surface area is 69.5 Å². The van der Waals surface area contributed by atoms with Gasteiger partial charge in [0.25, 0.3) is 0 Å². The first-order chi connectivity index (χ1) is 4.77. The molecular weight excluding hydrogens is 131 g/mol. The topological polar surface area (TPSA) is 0 Å². The van der Waals surface area contributed by atoms with Gasteiger partial charge in [0.05, 0.1) is 0 Å². The molecule has 0 aromatic rings. The second-order valence-corrected chi connectivity index (χ2v) is 3.19. The van der Waals surface area contributed by atoms with Gasteiger partial charge in [0.2, 0.25) is 0 Å². The van der Waals surface area contributed by atoms with E-state index in [4.69, 9.17) is 13.9 Å². The van der Waals surface area contributed by atoms with E-state index < -0.39 is 0 Å². The predicted molar refractivity (Wildman–Crippen MR) is 59.5 cm³/mol. The fourth-order valence-electron chi connectivity index (χ4n) is 0.362. The van der Waals surface area contributed by atoms with Crippen LogP contribution in [0, 0.1) is 0 Å². The van der Waals surface area contributed by atoms with Gasteiger partial charge in [-0.05, 0) is 0 Å². The zero-order valence-electron chi connectivity index (χ0n) is 6.03. The van der Waals surface area contributed by atoms with Crippen molar-refractivity contribution in [3.05, 3.63) is 0 Å². The Kier molecular flexibility index (Phi) is 8.42. The maximum absolute atomic E-state index is 5.47. The van der Waals surface area contributed by atoms with E-state index in [2.05, 4.69) is 0 Å². The average molecular weight is 134 g/mol. The standard InChI is InChI=1S/CH3B8S/c1-10(3)9-8-7-6-5-4-2/h1H3. The van der Waals surface area contributed by atoms with Gasteiger partial charge in [0.1, 0.15) is 0 Å². The number of rotatable bonds is 3. The Morgan fingerprint density at radius 3 is 2.20 bits per heavy atom. The third kappa shape index (κ3) is 8.74. The van der Waals surface area contributed by atoms with Crippen molar-refractivity contribution in [2.45, 2.75) is 0 Å². The maximum atomic E-state index is 5.47. The van der Waals surface area contributed by atoms with Crippen molar-refractivity contribution >= 4 is 63.0 Å². The van der Waals surface area contributed by atoms with Crippen molar-refractivity contribution in [3.63, 3.8) is 0 Å². The summed E-state index contributed by atoms with van der Waals surface area (Å²) < 4.78 is 0. The summed E-state index contributed by atoms with van der Waals surface area (Å²) in [6, 6.07) is 1.93. The summed E-state index contributed by atoms with van der Waals surface area (Å²) in [6.45, 7) is 14.4. The molecule has 0 amide bonds. The summed E-state index contributed by atoms with van der Waals surface area (Å²) in [6.07, 6.45) is 1.95. The molecule has 0 atom stereocenters. The normalized spacial score (nSPS) is 8.80. The van der Waals surface area contributed by atoms with Crippen molar-refractivity contribution in [3.8, 4) is 0 Å². The van der Waals surface area contributed by atoms with Gasteiger partial charge < -0.3 is 0 Å². The summed E-state index contributed by atoms with van der Waals surface area (Å²) in [5.74, 6) is 0. The third-order valence-electron chi connectivity index (χ3n) is 0.738. The molecule has 9 heteroatoms. The van der Waals surface area contributed by atoms with Crippen LogP contribution in [-0.4, -0.2) is 59.7 Å². The first kappa shape index (κ1) is 10.7. The second kappa shape index (κ2) is 7.84. The van der Waals surface area contributed by atoms with Crippen LogP contribution in [0.2, 0.25) is 0 Å². The van der Waals surface area contributed by atoms with Gasteiger partial charge in [-0.3, -0.25) is 0 Å². The van der Waals surface area contributed by atoms with Gasteiger partial charge in [-0.2, -0.15) is 0 Å². The van der Waals surface area contributed by atoms with E-state index in [1.807, 2.05) is 32.4 Å². The Bertz CT molecular complexity index is 265. The molecule has 0 heterocycles. The average Bonchev–Trinajstić information content (AvgIpc) is 1.87. The van der Waals surface area contributed by atoms with Crippen LogP contribution in [0.25, 0.3) is 0 Å². The second-order valence-electron chi connectivity index (χ2n) is 1.71. The monoisotopic (exact) mass is 135 g/mol. The Hall–Kier alpha value is 0.739. The van der Waals surface area contributed by atoms with Crippen molar-refractivity contribution in [2.75, 3.05) is 6.26 Å². The van der Waals surface area contributed by atoms with Gasteiger partial charge in [-0.15, -0.1) is 0 Å². The molecule has 0 saturated heterocycles. The molecular formula is CH3B8S. The van der Waals surface area contributed by atoms with Gasteiger partial charge in [-0.25, -0.2) is 0 Å². The Morgan fingerprint density at radius 1 is 1.10 bits per heavy atom. The molecule has 0 aliphatic heterocycles. The fourth-order valence-corrected chi connectivity index (χ4v) is 0.700. The molecule has 0 rings (SSSR count). The van der Waals surface area contributed by atoms with Crippen LogP contribution in [-0.2, 0) is 0 Å². The van der Waals surface area contributed by atoms with Gasteiger partial charge >= 0.3 is 69.2 Å². The van der Waals surface area contributed by atoms with E-state index in [0.717, 1.165) is 0 Å². The SMILES string of the molecule is [B]=BB=BB=BB=S(#B)C. The van der Waals surface area contributed by atoms with Crippen LogP contribution < -0.4 is 0 Å². The third-order valence-corrected chi connectivity index (χ3v) is 1.32. The minimum absolute atomic E-state index is 0.108. The van der Waals surface area contributed by atoms with Gasteiger partial charge in [-0.1, -0.05) is 0 Å². The van der Waals surface area contributed by atoms with E-state index >= 15 is 0 Å². The van der Waals surface area contributed by atoms with Crippen LogP contribution in [0.4, 0.5) is 0 Å². The molecule has 37 valence electrons. The molecule has 0 aliphatic carbocycles. The van der Waals surface area contributed by atoms with Crippen LogP contribution in [0.1, 0.15) is 0 Å². The van der Waals surface area contributed by atoms with Crippen molar-refractivity contribution < 1.29 is 0 Å². The van der Waals surface area contributed by atoms with Crippen molar-refractivity contribution in [1.82, 2.24) is 0 Å². The van der Waals surface area contributed by atoms with E-state index in [-0.39, 0.29) is 9.56 Å². The minimum atomic E-state index is -0.108. The van der Waals surface area contributed by atoms with Gasteiger partial charge in [0.15, 0.2) is 0 Å². The molecule has 0 N–H and O–H groups in total. The number of hydrogen-bond acceptors (Lipinski definition) is 0. The van der Waals surface area contributed by atoms with Crippen molar-refractivity contribution in [1.29, 1.82) is 0 Å². The van der Waals surface area contributed by atoms with Crippen LogP contribution >= 0.6 is 9.56 Å². The van der Waals surface area contributed by atoms with Crippen LogP contribution in [0.5, 0.6) is 0 Å². The predicted octanol–water partition coefficient (Wildman–Crippen LogP) is -2.23. The molecule has 0 aromatic heterocycles. The zero-order chi connectivity index (χ0) is 7.82. The molecule has 0 fully saturated rings. The number of hydrogen-bond donors (Lipinski definition) is 0. The quantitative estimate of drug-likeness (QED) is 0.383. The van der Waals surface area contributed by atoms with E-state index in [9.17, 15) is 0 Å². The first-order valence-electron chi connectivity index (χ1n) is 2.88. The summed E-state index contributed by atoms with van der Waals surface area (Å²) >= 11 is 0. The zero-order valence-corrected chi connectivity index (χ0v) is 6.84. The molecule has 0 aliphatic rings. The van der Waals surface area contributed by atoms with Crippen LogP contribution in [0.15, 0.2) is 0 Å². The summed E-state index contributed by atoms with van der Waals surface area (Å²) in [5, 5.41) is 0. The summed E-state index contributed by atoms with van der Waals surface area (Å²) in [7, 11) is 4.98. The van der Waals surface area contributed by atoms with E-state index in [1.165, 1.54) is 6.69 Å². The Morgan fingerprint density at radius 2 is 1.70 bits per heavy atom. The molecule has 1 radical (unpaired) electrons. The van der Waals surface area contributed by atoms with Crippen LogP contribution in [0.3, 0.4) is 0 Å². The van der Waals surface area contributed by atoms with E-state index in [1.54, 1.807) is 6.69 Å². The Balaban J connectivity index is 3.83. The van der Waals surface area contributed by atoms with E-state index in [0.29, 0.717) is 0 Å². The first-order valence-corrected chi connectivity index (χ1v) is 4.64. The summed E-state index contributed by atoms with van der Waals surface area (Å²) in [4.78, 5) is 0. The van der Waals surface area contributed by atoms with Crippen molar-refractivity contribution in [2.24, 2.45) is 0 Å². The molecule has 0 saturated carbocycles. The molecule has 0 bridgehead atoms. The molecule has 0 spiro atoms. The molecule has 0 nitrogen and oxygen atoms in total. The van der Waals surface area contributed by atoms with Gasteiger partial charge in [0, 0.05) is 0 Å². The molecule has 10 heavy (non-hydrogen) atoms. The fraction of sp³-hybridized carbons (Fsp3) is 1.00. The molecule has 0 unspecified atom stereocenters. The summed E-state index contributed by atoms with van der Waals surface area (Å²) in [5.41, 5.74) is 0.